The molecule has 0 aromatic heterocycles. The molecule has 1 rings (SSSR count). The second-order valence-corrected chi connectivity index (χ2v) is 5.21. The fourth-order valence-corrected chi connectivity index (χ4v) is 1.52. The largest absolute Gasteiger partial charge is 0.507 e. The van der Waals surface area contributed by atoms with Gasteiger partial charge in [-0.25, -0.2) is 0 Å². The van der Waals surface area contributed by atoms with E-state index in [2.05, 4.69) is 25.5 Å². The van der Waals surface area contributed by atoms with Crippen molar-refractivity contribution in [1.29, 1.82) is 0 Å². The molecule has 0 unspecified atom stereocenters. The minimum atomic E-state index is -0.294. The molecule has 18 heavy (non-hydrogen) atoms. The number of rotatable bonds is 3. The summed E-state index contributed by atoms with van der Waals surface area (Å²) in [5, 5.41) is 9.76. The summed E-state index contributed by atoms with van der Waals surface area (Å²) in [6.45, 7) is 6.34. The first-order chi connectivity index (χ1) is 8.34. The maximum atomic E-state index is 11.0. The number of benzene rings is 1. The van der Waals surface area contributed by atoms with Gasteiger partial charge in [-0.3, -0.25) is 4.79 Å². The lowest BCUT2D eigenvalue weighted by Gasteiger charge is -2.19. The van der Waals surface area contributed by atoms with Crippen LogP contribution in [0.3, 0.4) is 0 Å². The lowest BCUT2D eigenvalue weighted by molar-refractivity contribution is -0.139. The van der Waals surface area contributed by atoms with Crippen molar-refractivity contribution in [2.45, 2.75) is 32.6 Å². The van der Waals surface area contributed by atoms with E-state index >= 15 is 0 Å². The van der Waals surface area contributed by atoms with Crippen molar-refractivity contribution in [3.8, 4) is 5.75 Å². The number of ether oxygens (including phenoxy) is 1. The van der Waals surface area contributed by atoms with Crippen LogP contribution in [-0.2, 0) is 14.9 Å². The molecule has 1 N–H and O–H groups in total. The fraction of sp³-hybridized carbons (Fsp3) is 0.400. The quantitative estimate of drug-likeness (QED) is 0.835. The van der Waals surface area contributed by atoms with Gasteiger partial charge in [-0.15, -0.1) is 0 Å². The van der Waals surface area contributed by atoms with Crippen LogP contribution in [0, 0.1) is 0 Å². The lowest BCUT2D eigenvalue weighted by Crippen LogP contribution is -2.10. The van der Waals surface area contributed by atoms with Crippen LogP contribution in [-0.4, -0.2) is 18.2 Å². The minimum absolute atomic E-state index is 0.0264. The summed E-state index contributed by atoms with van der Waals surface area (Å²) in [5.74, 6) is -0.0816. The zero-order chi connectivity index (χ0) is 13.8. The molecule has 0 amide bonds. The summed E-state index contributed by atoms with van der Waals surface area (Å²) in [5.41, 5.74) is 1.88. The highest BCUT2D eigenvalue weighted by Gasteiger charge is 2.14. The van der Waals surface area contributed by atoms with Crippen molar-refractivity contribution >= 4 is 12.0 Å². The number of carbonyl (C=O) groups is 1. The molecule has 1 aromatic rings. The zero-order valence-electron chi connectivity index (χ0n) is 11.4. The molecule has 1 aromatic carbocycles. The Morgan fingerprint density at radius 1 is 1.39 bits per heavy atom. The molecule has 0 bridgehead atoms. The van der Waals surface area contributed by atoms with E-state index in [1.54, 1.807) is 18.2 Å². The Morgan fingerprint density at radius 2 is 2.06 bits per heavy atom. The van der Waals surface area contributed by atoms with E-state index in [9.17, 15) is 9.90 Å². The van der Waals surface area contributed by atoms with E-state index < -0.39 is 0 Å². The third kappa shape index (κ3) is 3.91. The zero-order valence-corrected chi connectivity index (χ0v) is 11.4. The van der Waals surface area contributed by atoms with Gasteiger partial charge in [0.1, 0.15) is 5.75 Å². The molecule has 3 heteroatoms. The molecule has 0 atom stereocenters. The van der Waals surface area contributed by atoms with Gasteiger partial charge in [-0.1, -0.05) is 39.0 Å². The van der Waals surface area contributed by atoms with Gasteiger partial charge in [0.05, 0.1) is 13.5 Å². The Balaban J connectivity index is 2.91. The van der Waals surface area contributed by atoms with E-state index in [1.165, 1.54) is 7.11 Å². The lowest BCUT2D eigenvalue weighted by atomic mass is 9.86. The molecule has 0 aliphatic heterocycles. The maximum Gasteiger partial charge on any atom is 0.309 e. The van der Waals surface area contributed by atoms with Gasteiger partial charge in [0.25, 0.3) is 0 Å². The van der Waals surface area contributed by atoms with Crippen molar-refractivity contribution < 1.29 is 14.6 Å². The maximum absolute atomic E-state index is 11.0. The number of phenols is 1. The summed E-state index contributed by atoms with van der Waals surface area (Å²) < 4.78 is 4.54. The van der Waals surface area contributed by atoms with Crippen molar-refractivity contribution in [2.24, 2.45) is 0 Å². The van der Waals surface area contributed by atoms with Gasteiger partial charge >= 0.3 is 5.97 Å². The van der Waals surface area contributed by atoms with E-state index in [-0.39, 0.29) is 23.6 Å². The Bertz CT molecular complexity index is 453. The summed E-state index contributed by atoms with van der Waals surface area (Å²) >= 11 is 0. The Kier molecular flexibility index (Phi) is 4.54. The number of carbonyl (C=O) groups excluding carboxylic acids is 1. The summed E-state index contributed by atoms with van der Waals surface area (Å²) in [7, 11) is 1.36. The number of hydrogen-bond acceptors (Lipinski definition) is 3. The molecule has 0 saturated carbocycles. The standard InChI is InChI=1S/C15H20O3/c1-15(2,3)12-8-9-13(16)11(10-12)6-5-7-14(17)18-4/h5-6,8-10,16H,7H2,1-4H3. The van der Waals surface area contributed by atoms with Gasteiger partial charge in [0, 0.05) is 5.56 Å². The molecule has 0 aliphatic carbocycles. The third-order valence-electron chi connectivity index (χ3n) is 2.70. The van der Waals surface area contributed by atoms with Crippen LogP contribution in [0.5, 0.6) is 5.75 Å². The average Bonchev–Trinajstić information content (AvgIpc) is 2.29. The molecule has 3 nitrogen and oxygen atoms in total. The number of esters is 1. The fourth-order valence-electron chi connectivity index (χ4n) is 1.52. The topological polar surface area (TPSA) is 46.5 Å². The molecule has 0 aliphatic rings. The van der Waals surface area contributed by atoms with Crippen molar-refractivity contribution in [3.63, 3.8) is 0 Å². The molecule has 0 heterocycles. The van der Waals surface area contributed by atoms with Gasteiger partial charge in [0.15, 0.2) is 0 Å². The van der Waals surface area contributed by atoms with E-state index in [0.717, 1.165) is 5.56 Å². The highest BCUT2D eigenvalue weighted by atomic mass is 16.5. The second kappa shape index (κ2) is 5.71. The van der Waals surface area contributed by atoms with Crippen LogP contribution in [0.25, 0.3) is 6.08 Å². The predicted molar refractivity (Wildman–Crippen MR) is 72.5 cm³/mol. The van der Waals surface area contributed by atoms with Crippen LogP contribution >= 0.6 is 0 Å². The van der Waals surface area contributed by atoms with Gasteiger partial charge < -0.3 is 9.84 Å². The van der Waals surface area contributed by atoms with Crippen molar-refractivity contribution in [1.82, 2.24) is 0 Å². The summed E-state index contributed by atoms with van der Waals surface area (Å²) in [6, 6.07) is 5.52. The molecule has 0 spiro atoms. The average molecular weight is 248 g/mol. The smallest absolute Gasteiger partial charge is 0.309 e. The normalized spacial score (nSPS) is 11.8. The molecule has 0 radical (unpaired) electrons. The van der Waals surface area contributed by atoms with Crippen LogP contribution in [0.2, 0.25) is 0 Å². The molecular formula is C15H20O3. The van der Waals surface area contributed by atoms with E-state index in [4.69, 9.17) is 0 Å². The SMILES string of the molecule is COC(=O)CC=Cc1cc(C(C)(C)C)ccc1O. The van der Waals surface area contributed by atoms with Crippen LogP contribution in [0.4, 0.5) is 0 Å². The first-order valence-electron chi connectivity index (χ1n) is 5.91. The summed E-state index contributed by atoms with van der Waals surface area (Å²) in [6.07, 6.45) is 3.63. The Labute approximate surface area is 108 Å². The van der Waals surface area contributed by atoms with Crippen LogP contribution in [0.1, 0.15) is 38.3 Å². The highest BCUT2D eigenvalue weighted by Crippen LogP contribution is 2.28. The number of methoxy groups -OCH3 is 1. The monoisotopic (exact) mass is 248 g/mol. The first kappa shape index (κ1) is 14.3. The van der Waals surface area contributed by atoms with Crippen molar-refractivity contribution in [3.05, 3.63) is 35.4 Å². The number of phenolic OH excluding ortho intramolecular Hbond substituents is 1. The van der Waals surface area contributed by atoms with Gasteiger partial charge in [-0.05, 0) is 23.1 Å². The minimum Gasteiger partial charge on any atom is -0.507 e. The summed E-state index contributed by atoms with van der Waals surface area (Å²) in [4.78, 5) is 11.0. The van der Waals surface area contributed by atoms with E-state index in [1.807, 2.05) is 12.1 Å². The van der Waals surface area contributed by atoms with Crippen LogP contribution in [0.15, 0.2) is 24.3 Å². The Morgan fingerprint density at radius 3 is 2.61 bits per heavy atom. The third-order valence-corrected chi connectivity index (χ3v) is 2.70. The number of hydrogen-bond donors (Lipinski definition) is 1. The molecule has 98 valence electrons. The second-order valence-electron chi connectivity index (χ2n) is 5.21. The highest BCUT2D eigenvalue weighted by molar-refractivity contribution is 5.73. The van der Waals surface area contributed by atoms with Crippen LogP contribution < -0.4 is 0 Å². The first-order valence-corrected chi connectivity index (χ1v) is 5.91. The molecule has 0 saturated heterocycles. The Hall–Kier alpha value is -1.77. The van der Waals surface area contributed by atoms with E-state index in [0.29, 0.717) is 5.56 Å². The van der Waals surface area contributed by atoms with Gasteiger partial charge in [0.2, 0.25) is 0 Å². The molecule has 0 fully saturated rings. The molecular weight excluding hydrogens is 228 g/mol. The predicted octanol–water partition coefficient (Wildman–Crippen LogP) is 3.27. The van der Waals surface area contributed by atoms with Crippen molar-refractivity contribution in [2.75, 3.05) is 7.11 Å². The number of aromatic hydroxyl groups is 1. The van der Waals surface area contributed by atoms with Gasteiger partial charge in [-0.2, -0.15) is 0 Å².